The first-order valence-corrected chi connectivity index (χ1v) is 15.1. The van der Waals surface area contributed by atoms with Gasteiger partial charge in [0.2, 0.25) is 0 Å². The first-order chi connectivity index (χ1) is 19.3. The number of aromatic nitrogens is 2. The number of ketones is 1. The Morgan fingerprint density at radius 2 is 2.02 bits per heavy atom. The Labute approximate surface area is 237 Å². The van der Waals surface area contributed by atoms with Crippen LogP contribution in [0.15, 0.2) is 60.2 Å². The summed E-state index contributed by atoms with van der Waals surface area (Å²) in [6.07, 6.45) is 18.2. The fourth-order valence-electron chi connectivity index (χ4n) is 8.71. The van der Waals surface area contributed by atoms with Crippen molar-refractivity contribution in [2.75, 3.05) is 6.61 Å². The molecular weight excluding hydrogens is 500 g/mol. The van der Waals surface area contributed by atoms with E-state index in [-0.39, 0.29) is 23.2 Å². The van der Waals surface area contributed by atoms with Crippen LogP contribution in [0.25, 0.3) is 6.08 Å². The molecule has 1 aromatic carbocycles. The van der Waals surface area contributed by atoms with Crippen molar-refractivity contribution < 1.29 is 19.4 Å². The van der Waals surface area contributed by atoms with E-state index in [0.29, 0.717) is 30.1 Å². The van der Waals surface area contributed by atoms with Crippen molar-refractivity contribution in [2.24, 2.45) is 34.5 Å². The van der Waals surface area contributed by atoms with Crippen LogP contribution in [0.2, 0.25) is 0 Å². The third-order valence-electron chi connectivity index (χ3n) is 10.9. The lowest BCUT2D eigenvalue weighted by Crippen LogP contribution is -2.50. The molecule has 0 bridgehead atoms. The minimum Gasteiger partial charge on any atom is -0.494 e. The highest BCUT2D eigenvalue weighted by molar-refractivity contribution is 6.06. The van der Waals surface area contributed by atoms with Crippen LogP contribution in [-0.4, -0.2) is 33.0 Å². The number of allylic oxidation sites excluding steroid dienone is 3. The lowest BCUT2D eigenvalue weighted by molar-refractivity contribution is -0.138. The van der Waals surface area contributed by atoms with Crippen molar-refractivity contribution in [3.8, 4) is 5.75 Å². The number of rotatable bonds is 8. The van der Waals surface area contributed by atoms with E-state index >= 15 is 0 Å². The highest BCUT2D eigenvalue weighted by Crippen LogP contribution is 2.65. The summed E-state index contributed by atoms with van der Waals surface area (Å²) in [5, 5.41) is 9.33. The SMILES string of the molecule is C[C@]12CC[C@H](CC(=O)O)CC1=CCC1C2CC[C@]2(C)C(=O)C(=Cc3cccc(OCCCn4ccnc4)c3)CC12. The van der Waals surface area contributed by atoms with E-state index in [9.17, 15) is 14.7 Å². The fourth-order valence-corrected chi connectivity index (χ4v) is 8.71. The number of carboxylic acid groups (broad SMARTS) is 1. The summed E-state index contributed by atoms with van der Waals surface area (Å²) in [5.41, 5.74) is 3.37. The van der Waals surface area contributed by atoms with Gasteiger partial charge in [-0.05, 0) is 110 Å². The van der Waals surface area contributed by atoms with Crippen molar-refractivity contribution in [1.82, 2.24) is 9.55 Å². The first kappa shape index (κ1) is 27.0. The van der Waals surface area contributed by atoms with E-state index in [2.05, 4.69) is 43.1 Å². The predicted molar refractivity (Wildman–Crippen MR) is 155 cm³/mol. The topological polar surface area (TPSA) is 81.4 Å². The number of carbonyl (C=O) groups is 2. The third kappa shape index (κ3) is 4.95. The molecule has 0 radical (unpaired) electrons. The van der Waals surface area contributed by atoms with E-state index in [0.717, 1.165) is 74.8 Å². The van der Waals surface area contributed by atoms with Crippen LogP contribution in [0, 0.1) is 34.5 Å². The molecule has 6 heteroatoms. The summed E-state index contributed by atoms with van der Waals surface area (Å²) in [4.78, 5) is 29.3. The van der Waals surface area contributed by atoms with Gasteiger partial charge in [-0.3, -0.25) is 9.59 Å². The molecule has 1 aromatic heterocycles. The standard InChI is InChI=1S/C34H42N2O4/c1-33-11-9-24(20-31(37)38)18-26(33)7-8-28-29(33)10-12-34(2)30(28)21-25(32(34)39)17-23-5-3-6-27(19-23)40-16-4-14-36-15-13-35-22-36/h3,5-7,13,15,17,19,22,24,28-30H,4,8-12,14,16,18,20-21H2,1-2H3,(H,37,38)/t24-,28?,29?,30?,33-,34-/m0/s1. The zero-order valence-electron chi connectivity index (χ0n) is 23.9. The number of aryl methyl sites for hydroxylation is 1. The maximum Gasteiger partial charge on any atom is 0.303 e. The maximum atomic E-state index is 13.9. The molecule has 4 aliphatic rings. The summed E-state index contributed by atoms with van der Waals surface area (Å²) in [6.45, 7) is 6.16. The molecule has 3 saturated carbocycles. The van der Waals surface area contributed by atoms with E-state index < -0.39 is 5.97 Å². The van der Waals surface area contributed by atoms with Gasteiger partial charge in [0.25, 0.3) is 0 Å². The Bertz CT molecular complexity index is 1330. The lowest BCUT2D eigenvalue weighted by atomic mass is 9.47. The number of carbonyl (C=O) groups excluding carboxylic acids is 1. The van der Waals surface area contributed by atoms with Crippen molar-refractivity contribution in [3.05, 3.63) is 65.8 Å². The molecule has 0 amide bonds. The van der Waals surface area contributed by atoms with Gasteiger partial charge in [0.05, 0.1) is 12.9 Å². The summed E-state index contributed by atoms with van der Waals surface area (Å²) in [6, 6.07) is 8.12. The average Bonchev–Trinajstić information content (AvgIpc) is 3.53. The largest absolute Gasteiger partial charge is 0.494 e. The molecule has 0 aliphatic heterocycles. The van der Waals surface area contributed by atoms with Gasteiger partial charge in [0.15, 0.2) is 5.78 Å². The van der Waals surface area contributed by atoms with E-state index in [4.69, 9.17) is 4.74 Å². The zero-order chi connectivity index (χ0) is 27.9. The third-order valence-corrected chi connectivity index (χ3v) is 10.9. The van der Waals surface area contributed by atoms with Crippen LogP contribution in [0.4, 0.5) is 0 Å². The number of fused-ring (bicyclic) bond motifs is 5. The van der Waals surface area contributed by atoms with Gasteiger partial charge in [0.1, 0.15) is 5.75 Å². The number of hydrogen-bond donors (Lipinski definition) is 1. The molecule has 3 unspecified atom stereocenters. The molecule has 1 N–H and O–H groups in total. The number of ether oxygens (including phenoxy) is 1. The normalized spacial score (nSPS) is 34.1. The molecule has 40 heavy (non-hydrogen) atoms. The highest BCUT2D eigenvalue weighted by Gasteiger charge is 2.59. The quantitative estimate of drug-likeness (QED) is 0.221. The van der Waals surface area contributed by atoms with E-state index in [1.165, 1.54) is 5.57 Å². The average molecular weight is 543 g/mol. The number of Topliss-reactive ketones (excluding diaryl/α,β-unsaturated/α-hetero) is 1. The predicted octanol–water partition coefficient (Wildman–Crippen LogP) is 6.97. The molecule has 6 atom stereocenters. The highest BCUT2D eigenvalue weighted by atomic mass is 16.5. The van der Waals surface area contributed by atoms with Gasteiger partial charge in [-0.15, -0.1) is 0 Å². The van der Waals surface area contributed by atoms with Crippen LogP contribution in [0.3, 0.4) is 0 Å². The second kappa shape index (κ2) is 10.7. The number of imidazole rings is 1. The summed E-state index contributed by atoms with van der Waals surface area (Å²) in [7, 11) is 0. The van der Waals surface area contributed by atoms with Crippen LogP contribution >= 0.6 is 0 Å². The van der Waals surface area contributed by atoms with Crippen molar-refractivity contribution in [3.63, 3.8) is 0 Å². The first-order valence-electron chi connectivity index (χ1n) is 15.1. The fraction of sp³-hybridized carbons (Fsp3) is 0.559. The molecule has 1 heterocycles. The van der Waals surface area contributed by atoms with Gasteiger partial charge in [-0.1, -0.05) is 37.6 Å². The second-order valence-electron chi connectivity index (χ2n) is 13.2. The lowest BCUT2D eigenvalue weighted by Gasteiger charge is -2.57. The van der Waals surface area contributed by atoms with Crippen molar-refractivity contribution in [1.29, 1.82) is 0 Å². The number of benzene rings is 1. The van der Waals surface area contributed by atoms with Gasteiger partial charge in [-0.2, -0.15) is 0 Å². The minimum atomic E-state index is -0.678. The molecule has 0 saturated heterocycles. The van der Waals surface area contributed by atoms with Gasteiger partial charge < -0.3 is 14.4 Å². The summed E-state index contributed by atoms with van der Waals surface area (Å²) in [5.74, 6) is 2.24. The van der Waals surface area contributed by atoms with Crippen LogP contribution < -0.4 is 4.74 Å². The second-order valence-corrected chi connectivity index (χ2v) is 13.2. The molecule has 6 nitrogen and oxygen atoms in total. The molecule has 212 valence electrons. The molecular formula is C34H42N2O4. The molecule has 3 fully saturated rings. The summed E-state index contributed by atoms with van der Waals surface area (Å²) >= 11 is 0. The Hall–Kier alpha value is -3.15. The van der Waals surface area contributed by atoms with Crippen molar-refractivity contribution >= 4 is 17.8 Å². The minimum absolute atomic E-state index is 0.151. The summed E-state index contributed by atoms with van der Waals surface area (Å²) < 4.78 is 8.07. The number of nitrogens with zero attached hydrogens (tertiary/aromatic N) is 2. The number of carboxylic acids is 1. The molecule has 2 aromatic rings. The van der Waals surface area contributed by atoms with Crippen LogP contribution in [0.5, 0.6) is 5.75 Å². The number of hydrogen-bond acceptors (Lipinski definition) is 4. The molecule has 6 rings (SSSR count). The Morgan fingerprint density at radius 3 is 2.83 bits per heavy atom. The van der Waals surface area contributed by atoms with E-state index in [1.807, 2.05) is 29.2 Å². The zero-order valence-corrected chi connectivity index (χ0v) is 23.9. The Balaban J connectivity index is 1.15. The van der Waals surface area contributed by atoms with Crippen LogP contribution in [-0.2, 0) is 16.1 Å². The molecule has 4 aliphatic carbocycles. The van der Waals surface area contributed by atoms with Crippen LogP contribution in [0.1, 0.15) is 77.2 Å². The number of aliphatic carboxylic acids is 1. The molecule has 0 spiro atoms. The smallest absolute Gasteiger partial charge is 0.303 e. The van der Waals surface area contributed by atoms with Gasteiger partial charge in [0, 0.05) is 30.8 Å². The van der Waals surface area contributed by atoms with Gasteiger partial charge >= 0.3 is 5.97 Å². The van der Waals surface area contributed by atoms with E-state index in [1.54, 1.807) is 6.20 Å². The maximum absolute atomic E-state index is 13.9. The monoisotopic (exact) mass is 542 g/mol. The van der Waals surface area contributed by atoms with Gasteiger partial charge in [-0.25, -0.2) is 4.98 Å². The Morgan fingerprint density at radius 1 is 1.18 bits per heavy atom. The Kier molecular flexibility index (Phi) is 7.22. The van der Waals surface area contributed by atoms with Crippen molar-refractivity contribution in [2.45, 2.75) is 78.2 Å².